The highest BCUT2D eigenvalue weighted by molar-refractivity contribution is 5.18. The highest BCUT2D eigenvalue weighted by Gasteiger charge is 2.18. The van der Waals surface area contributed by atoms with Crippen molar-refractivity contribution in [1.82, 2.24) is 14.8 Å². The Bertz CT molecular complexity index is 447. The smallest absolute Gasteiger partial charge is 0.0917 e. The Balaban J connectivity index is 2.39. The average Bonchev–Trinajstić information content (AvgIpc) is 2.66. The van der Waals surface area contributed by atoms with Gasteiger partial charge in [-0.2, -0.15) is 5.10 Å². The van der Waals surface area contributed by atoms with Crippen LogP contribution in [0.5, 0.6) is 0 Å². The average molecular weight is 216 g/mol. The summed E-state index contributed by atoms with van der Waals surface area (Å²) in [5.41, 5.74) is 8.16. The highest BCUT2D eigenvalue weighted by Crippen LogP contribution is 2.19. The Hall–Kier alpha value is -1.68. The Kier molecular flexibility index (Phi) is 3.01. The molecule has 0 amide bonds. The van der Waals surface area contributed by atoms with E-state index in [0.29, 0.717) is 0 Å². The minimum atomic E-state index is 0.00157. The molecule has 0 saturated heterocycles. The number of hydrogen-bond donors (Lipinski definition) is 1. The first kappa shape index (κ1) is 10.8. The van der Waals surface area contributed by atoms with Gasteiger partial charge < -0.3 is 5.73 Å². The molecule has 0 aromatic carbocycles. The van der Waals surface area contributed by atoms with Crippen LogP contribution in [-0.2, 0) is 0 Å². The van der Waals surface area contributed by atoms with Crippen molar-refractivity contribution in [2.24, 2.45) is 5.73 Å². The van der Waals surface area contributed by atoms with Crippen molar-refractivity contribution in [3.05, 3.63) is 48.0 Å². The summed E-state index contributed by atoms with van der Waals surface area (Å²) in [7, 11) is 0. The fourth-order valence-corrected chi connectivity index (χ4v) is 1.85. The third-order valence-corrected chi connectivity index (χ3v) is 2.57. The minimum Gasteiger partial charge on any atom is -0.326 e. The first-order valence-electron chi connectivity index (χ1n) is 5.36. The number of hydrogen-bond acceptors (Lipinski definition) is 3. The van der Waals surface area contributed by atoms with Gasteiger partial charge in [-0.05, 0) is 37.6 Å². The topological polar surface area (TPSA) is 56.7 Å². The molecule has 4 nitrogen and oxygen atoms in total. The SMILES string of the molecule is Cc1ccn(C(c2ccncc2)C(C)N)n1. The summed E-state index contributed by atoms with van der Waals surface area (Å²) in [4.78, 5) is 4.02. The molecule has 2 aromatic rings. The van der Waals surface area contributed by atoms with Crippen molar-refractivity contribution in [3.8, 4) is 0 Å². The minimum absolute atomic E-state index is 0.00157. The van der Waals surface area contributed by atoms with Crippen molar-refractivity contribution in [2.45, 2.75) is 25.9 Å². The van der Waals surface area contributed by atoms with Gasteiger partial charge in [-0.25, -0.2) is 0 Å². The lowest BCUT2D eigenvalue weighted by molar-refractivity contribution is 0.452. The molecule has 0 aliphatic rings. The Labute approximate surface area is 95.1 Å². The van der Waals surface area contributed by atoms with Crippen LogP contribution in [0.15, 0.2) is 36.8 Å². The van der Waals surface area contributed by atoms with E-state index in [-0.39, 0.29) is 12.1 Å². The van der Waals surface area contributed by atoms with Crippen LogP contribution in [0.3, 0.4) is 0 Å². The number of nitrogens with two attached hydrogens (primary N) is 1. The maximum atomic E-state index is 6.03. The van der Waals surface area contributed by atoms with Crippen molar-refractivity contribution < 1.29 is 0 Å². The summed E-state index contributed by atoms with van der Waals surface area (Å²) in [5, 5.41) is 4.42. The lowest BCUT2D eigenvalue weighted by Crippen LogP contribution is -2.30. The van der Waals surface area contributed by atoms with E-state index in [1.807, 2.05) is 42.9 Å². The fourth-order valence-electron chi connectivity index (χ4n) is 1.85. The molecule has 0 bridgehead atoms. The van der Waals surface area contributed by atoms with Crippen LogP contribution in [0.4, 0.5) is 0 Å². The zero-order chi connectivity index (χ0) is 11.5. The molecule has 2 heterocycles. The van der Waals surface area contributed by atoms with Gasteiger partial charge >= 0.3 is 0 Å². The van der Waals surface area contributed by atoms with E-state index in [1.165, 1.54) is 0 Å². The van der Waals surface area contributed by atoms with Crippen molar-refractivity contribution in [2.75, 3.05) is 0 Å². The van der Waals surface area contributed by atoms with Crippen LogP contribution in [0.2, 0.25) is 0 Å². The summed E-state index contributed by atoms with van der Waals surface area (Å²) >= 11 is 0. The van der Waals surface area contributed by atoms with E-state index in [0.717, 1.165) is 11.3 Å². The zero-order valence-corrected chi connectivity index (χ0v) is 9.54. The Morgan fingerprint density at radius 3 is 2.44 bits per heavy atom. The predicted molar refractivity (Wildman–Crippen MR) is 63.0 cm³/mol. The second kappa shape index (κ2) is 4.45. The number of aromatic nitrogens is 3. The van der Waals surface area contributed by atoms with E-state index in [1.54, 1.807) is 12.4 Å². The van der Waals surface area contributed by atoms with E-state index >= 15 is 0 Å². The van der Waals surface area contributed by atoms with Crippen molar-refractivity contribution in [3.63, 3.8) is 0 Å². The lowest BCUT2D eigenvalue weighted by atomic mass is 10.0. The molecular weight excluding hydrogens is 200 g/mol. The monoisotopic (exact) mass is 216 g/mol. The molecule has 84 valence electrons. The van der Waals surface area contributed by atoms with Crippen molar-refractivity contribution in [1.29, 1.82) is 0 Å². The Morgan fingerprint density at radius 1 is 1.25 bits per heavy atom. The van der Waals surface area contributed by atoms with Crippen LogP contribution in [-0.4, -0.2) is 20.8 Å². The number of nitrogens with zero attached hydrogens (tertiary/aromatic N) is 3. The van der Waals surface area contributed by atoms with Crippen LogP contribution in [0.1, 0.15) is 24.2 Å². The maximum Gasteiger partial charge on any atom is 0.0917 e. The molecule has 0 spiro atoms. The van der Waals surface area contributed by atoms with E-state index in [9.17, 15) is 0 Å². The van der Waals surface area contributed by atoms with Gasteiger partial charge in [0.15, 0.2) is 0 Å². The zero-order valence-electron chi connectivity index (χ0n) is 9.54. The van der Waals surface area contributed by atoms with E-state index in [4.69, 9.17) is 5.73 Å². The predicted octanol–water partition coefficient (Wildman–Crippen LogP) is 1.52. The van der Waals surface area contributed by atoms with Gasteiger partial charge in [-0.1, -0.05) is 0 Å². The molecule has 4 heteroatoms. The number of pyridine rings is 1. The first-order chi connectivity index (χ1) is 7.68. The van der Waals surface area contributed by atoms with Crippen LogP contribution < -0.4 is 5.73 Å². The van der Waals surface area contributed by atoms with Gasteiger partial charge in [-0.3, -0.25) is 9.67 Å². The van der Waals surface area contributed by atoms with E-state index < -0.39 is 0 Å². The number of rotatable bonds is 3. The third kappa shape index (κ3) is 2.12. The summed E-state index contributed by atoms with van der Waals surface area (Å²) < 4.78 is 1.91. The fraction of sp³-hybridized carbons (Fsp3) is 0.333. The molecule has 0 fully saturated rings. The highest BCUT2D eigenvalue weighted by atomic mass is 15.3. The van der Waals surface area contributed by atoms with Crippen LogP contribution >= 0.6 is 0 Å². The largest absolute Gasteiger partial charge is 0.326 e. The van der Waals surface area contributed by atoms with Gasteiger partial charge in [-0.15, -0.1) is 0 Å². The standard InChI is InChI=1S/C12H16N4/c1-9-5-8-16(15-9)12(10(2)13)11-3-6-14-7-4-11/h3-8,10,12H,13H2,1-2H3. The molecular formula is C12H16N4. The van der Waals surface area contributed by atoms with Gasteiger partial charge in [0, 0.05) is 24.6 Å². The molecule has 0 aliphatic heterocycles. The molecule has 0 aliphatic carbocycles. The van der Waals surface area contributed by atoms with Crippen LogP contribution in [0.25, 0.3) is 0 Å². The molecule has 2 rings (SSSR count). The Morgan fingerprint density at radius 2 is 1.94 bits per heavy atom. The summed E-state index contributed by atoms with van der Waals surface area (Å²) in [5.74, 6) is 0. The molecule has 2 N–H and O–H groups in total. The van der Waals surface area contributed by atoms with E-state index in [2.05, 4.69) is 10.1 Å². The van der Waals surface area contributed by atoms with Crippen molar-refractivity contribution >= 4 is 0 Å². The van der Waals surface area contributed by atoms with Crippen LogP contribution in [0, 0.1) is 6.92 Å². The van der Waals surface area contributed by atoms with Gasteiger partial charge in [0.25, 0.3) is 0 Å². The molecule has 0 saturated carbocycles. The molecule has 0 radical (unpaired) electrons. The summed E-state index contributed by atoms with van der Waals surface area (Å²) in [6.07, 6.45) is 5.52. The normalized spacial score (nSPS) is 14.7. The number of aryl methyl sites for hydroxylation is 1. The van der Waals surface area contributed by atoms with Gasteiger partial charge in [0.1, 0.15) is 0 Å². The third-order valence-electron chi connectivity index (χ3n) is 2.57. The molecule has 2 aromatic heterocycles. The second-order valence-electron chi connectivity index (χ2n) is 4.02. The quantitative estimate of drug-likeness (QED) is 0.846. The summed E-state index contributed by atoms with van der Waals surface area (Å²) in [6, 6.07) is 6.01. The van der Waals surface area contributed by atoms with Gasteiger partial charge in [0.2, 0.25) is 0 Å². The van der Waals surface area contributed by atoms with Gasteiger partial charge in [0.05, 0.1) is 11.7 Å². The first-order valence-corrected chi connectivity index (χ1v) is 5.36. The lowest BCUT2D eigenvalue weighted by Gasteiger charge is -2.21. The maximum absolute atomic E-state index is 6.03. The molecule has 16 heavy (non-hydrogen) atoms. The summed E-state index contributed by atoms with van der Waals surface area (Å²) in [6.45, 7) is 3.96. The molecule has 2 atom stereocenters. The molecule has 2 unspecified atom stereocenters. The second-order valence-corrected chi connectivity index (χ2v) is 4.02.